The fourth-order valence-corrected chi connectivity index (χ4v) is 8.08. The quantitative estimate of drug-likeness (QED) is 0.391. The van der Waals surface area contributed by atoms with Crippen molar-refractivity contribution in [3.8, 4) is 0 Å². The molecule has 0 bridgehead atoms. The minimum atomic E-state index is -0.0914. The van der Waals surface area contributed by atoms with E-state index in [-0.39, 0.29) is 17.5 Å². The molecule has 3 saturated carbocycles. The predicted octanol–water partition coefficient (Wildman–Crippen LogP) is 6.85. The highest BCUT2D eigenvalue weighted by atomic mass is 16.5. The largest absolute Gasteiger partial charge is 0.462 e. The van der Waals surface area contributed by atoms with Crippen molar-refractivity contribution in [1.82, 2.24) is 0 Å². The summed E-state index contributed by atoms with van der Waals surface area (Å²) in [5.41, 5.74) is 4.05. The van der Waals surface area contributed by atoms with Gasteiger partial charge in [-0.15, -0.1) is 0 Å². The van der Waals surface area contributed by atoms with E-state index >= 15 is 0 Å². The van der Waals surface area contributed by atoms with E-state index in [1.54, 1.807) is 18.1 Å². The van der Waals surface area contributed by atoms with Crippen LogP contribution in [0, 0.1) is 34.5 Å². The first-order valence-electron chi connectivity index (χ1n) is 11.8. The highest BCUT2D eigenvalue weighted by Crippen LogP contribution is 2.67. The van der Waals surface area contributed by atoms with Crippen molar-refractivity contribution in [2.75, 3.05) is 0 Å². The minimum Gasteiger partial charge on any atom is -0.462 e. The second-order valence-corrected chi connectivity index (χ2v) is 10.7. The molecular weight excluding hydrogens is 344 g/mol. The van der Waals surface area contributed by atoms with Crippen LogP contribution in [-0.2, 0) is 9.53 Å². The van der Waals surface area contributed by atoms with Gasteiger partial charge in [0.05, 0.1) is 0 Å². The van der Waals surface area contributed by atoms with Gasteiger partial charge in [-0.1, -0.05) is 50.5 Å². The normalized spacial score (nSPS) is 43.2. The van der Waals surface area contributed by atoms with E-state index in [1.807, 2.05) is 0 Å². The van der Waals surface area contributed by atoms with Gasteiger partial charge in [-0.25, -0.2) is 0 Å². The topological polar surface area (TPSA) is 26.3 Å². The zero-order valence-electron chi connectivity index (χ0n) is 18.7. The Balaban J connectivity index is 1.68. The highest BCUT2D eigenvalue weighted by Gasteiger charge is 2.60. The number of hydrogen-bond donors (Lipinski definition) is 0. The van der Waals surface area contributed by atoms with Crippen LogP contribution in [0.25, 0.3) is 0 Å². The van der Waals surface area contributed by atoms with Crippen molar-refractivity contribution in [2.45, 2.75) is 98.5 Å². The van der Waals surface area contributed by atoms with Gasteiger partial charge in [0.25, 0.3) is 0 Å². The number of fused-ring (bicyclic) bond motifs is 5. The first-order chi connectivity index (χ1) is 13.3. The summed E-state index contributed by atoms with van der Waals surface area (Å²) in [6, 6.07) is 0. The van der Waals surface area contributed by atoms with Crippen LogP contribution in [0.2, 0.25) is 0 Å². The molecule has 0 radical (unpaired) electrons. The minimum absolute atomic E-state index is 0.0914. The average Bonchev–Trinajstić information content (AvgIpc) is 3.00. The summed E-state index contributed by atoms with van der Waals surface area (Å²) in [6.07, 6.45) is 16.3. The average molecular weight is 385 g/mol. The van der Waals surface area contributed by atoms with E-state index in [9.17, 15) is 4.79 Å². The number of hydrogen-bond acceptors (Lipinski definition) is 2. The van der Waals surface area contributed by atoms with Gasteiger partial charge in [0, 0.05) is 12.3 Å². The van der Waals surface area contributed by atoms with E-state index in [2.05, 4.69) is 39.8 Å². The first-order valence-corrected chi connectivity index (χ1v) is 11.8. The maximum atomic E-state index is 11.9. The molecule has 0 N–H and O–H groups in total. The molecule has 156 valence electrons. The third-order valence-corrected chi connectivity index (χ3v) is 9.45. The van der Waals surface area contributed by atoms with Gasteiger partial charge in [-0.3, -0.25) is 4.79 Å². The third-order valence-electron chi connectivity index (χ3n) is 9.45. The number of carbonyl (C=O) groups excluding carboxylic acids is 1. The third kappa shape index (κ3) is 3.01. The fourth-order valence-electron chi connectivity index (χ4n) is 8.08. The molecule has 1 unspecified atom stereocenters. The van der Waals surface area contributed by atoms with Crippen molar-refractivity contribution in [3.63, 3.8) is 0 Å². The van der Waals surface area contributed by atoms with Gasteiger partial charge in [0.1, 0.15) is 6.10 Å². The molecule has 0 heterocycles. The first kappa shape index (κ1) is 20.2. The van der Waals surface area contributed by atoms with E-state index in [1.165, 1.54) is 38.5 Å². The Bertz CT molecular complexity index is 689. The molecule has 0 aromatic heterocycles. The van der Waals surface area contributed by atoms with Crippen molar-refractivity contribution in [3.05, 3.63) is 23.3 Å². The van der Waals surface area contributed by atoms with Gasteiger partial charge < -0.3 is 4.74 Å². The van der Waals surface area contributed by atoms with Crippen LogP contribution in [0.3, 0.4) is 0 Å². The van der Waals surface area contributed by atoms with Gasteiger partial charge in [0.15, 0.2) is 0 Å². The van der Waals surface area contributed by atoms with Gasteiger partial charge in [0.2, 0.25) is 0 Å². The molecule has 0 aliphatic heterocycles. The van der Waals surface area contributed by atoms with Crippen molar-refractivity contribution in [2.24, 2.45) is 34.5 Å². The molecule has 2 nitrogen and oxygen atoms in total. The molecule has 0 aromatic rings. The molecule has 0 spiro atoms. The number of ether oxygens (including phenoxy) is 1. The molecule has 28 heavy (non-hydrogen) atoms. The maximum Gasteiger partial charge on any atom is 0.302 e. The van der Waals surface area contributed by atoms with Gasteiger partial charge in [-0.05, 0) is 87.4 Å². The lowest BCUT2D eigenvalue weighted by Crippen LogP contribution is -2.51. The molecule has 4 aliphatic rings. The van der Waals surface area contributed by atoms with E-state index in [4.69, 9.17) is 4.74 Å². The molecule has 7 atom stereocenters. The van der Waals surface area contributed by atoms with Crippen LogP contribution in [0.5, 0.6) is 0 Å². The summed E-state index contributed by atoms with van der Waals surface area (Å²) >= 11 is 0. The summed E-state index contributed by atoms with van der Waals surface area (Å²) in [7, 11) is 0. The predicted molar refractivity (Wildman–Crippen MR) is 115 cm³/mol. The van der Waals surface area contributed by atoms with E-state index in [0.29, 0.717) is 11.3 Å². The summed E-state index contributed by atoms with van der Waals surface area (Å²) in [6.45, 7) is 11.3. The molecule has 2 heteroatoms. The Morgan fingerprint density at radius 1 is 1.21 bits per heavy atom. The Kier molecular flexibility index (Phi) is 5.30. The Morgan fingerprint density at radius 2 is 1.96 bits per heavy atom. The zero-order chi connectivity index (χ0) is 20.1. The summed E-state index contributed by atoms with van der Waals surface area (Å²) < 4.78 is 5.94. The lowest BCUT2D eigenvalue weighted by molar-refractivity contribution is -0.153. The number of allylic oxidation sites excluding steroid dienone is 4. The molecule has 4 rings (SSSR count). The molecule has 4 aliphatic carbocycles. The van der Waals surface area contributed by atoms with Crippen LogP contribution < -0.4 is 0 Å². The maximum absolute atomic E-state index is 11.9. The Hall–Kier alpha value is -1.05. The van der Waals surface area contributed by atoms with E-state index in [0.717, 1.165) is 37.0 Å². The van der Waals surface area contributed by atoms with Crippen molar-refractivity contribution < 1.29 is 9.53 Å². The molecule has 0 saturated heterocycles. The zero-order valence-corrected chi connectivity index (χ0v) is 18.7. The second kappa shape index (κ2) is 7.33. The van der Waals surface area contributed by atoms with Crippen LogP contribution in [0.15, 0.2) is 23.3 Å². The van der Waals surface area contributed by atoms with Gasteiger partial charge in [-0.2, -0.15) is 0 Å². The Labute approximate surface area is 172 Å². The highest BCUT2D eigenvalue weighted by molar-refractivity contribution is 5.66. The van der Waals surface area contributed by atoms with Crippen LogP contribution in [0.1, 0.15) is 92.4 Å². The lowest BCUT2D eigenvalue weighted by Gasteiger charge is -2.58. The van der Waals surface area contributed by atoms with Crippen molar-refractivity contribution >= 4 is 5.97 Å². The molecule has 0 aromatic carbocycles. The monoisotopic (exact) mass is 384 g/mol. The summed E-state index contributed by atoms with van der Waals surface area (Å²) in [4.78, 5) is 11.9. The van der Waals surface area contributed by atoms with Crippen LogP contribution >= 0.6 is 0 Å². The van der Waals surface area contributed by atoms with Crippen LogP contribution in [0.4, 0.5) is 0 Å². The lowest BCUT2D eigenvalue weighted by atomic mass is 9.46. The summed E-state index contributed by atoms with van der Waals surface area (Å²) in [5.74, 6) is 2.73. The SMILES string of the molecule is CCCC(OC(C)=O)[C@@H]1CC[C@@]2(C)CC[C@H]3[C@@H](CCC4=CCC=C(C)[C@@]43C)[C@H]12. The summed E-state index contributed by atoms with van der Waals surface area (Å²) in [5, 5.41) is 0. The smallest absolute Gasteiger partial charge is 0.302 e. The van der Waals surface area contributed by atoms with Crippen LogP contribution in [-0.4, -0.2) is 12.1 Å². The fraction of sp³-hybridized carbons (Fsp3) is 0.808. The second-order valence-electron chi connectivity index (χ2n) is 10.7. The standard InChI is InChI=1S/C26H40O2/c1-6-8-23(28-18(3)27)21-13-15-25(4)16-14-22-20(24(21)25)12-11-19-10-7-9-17(2)26(19,22)5/h9-10,20-24H,6-8,11-16H2,1-5H3/t20-,21+,22+,23?,24-,25+,26+/m1/s1. The molecule has 3 fully saturated rings. The van der Waals surface area contributed by atoms with Crippen molar-refractivity contribution in [1.29, 1.82) is 0 Å². The van der Waals surface area contributed by atoms with E-state index < -0.39 is 0 Å². The van der Waals surface area contributed by atoms with Gasteiger partial charge >= 0.3 is 5.97 Å². The Morgan fingerprint density at radius 3 is 2.68 bits per heavy atom. The number of esters is 1. The number of rotatable bonds is 4. The number of carbonyl (C=O) groups is 1. The molecule has 0 amide bonds. The molecular formula is C26H40O2.